The van der Waals surface area contributed by atoms with Crippen LogP contribution in [0.15, 0.2) is 24.3 Å². The lowest BCUT2D eigenvalue weighted by atomic mass is 9.56. The van der Waals surface area contributed by atoms with Crippen LogP contribution < -0.4 is 0 Å². The average molecular weight is 232 g/mol. The zero-order valence-corrected chi connectivity index (χ0v) is 10.5. The zero-order valence-electron chi connectivity index (χ0n) is 10.5. The molecule has 0 N–H and O–H groups in total. The number of rotatable bonds is 0. The molecular formula is C15H20O2. The second-order valence-corrected chi connectivity index (χ2v) is 6.23. The summed E-state index contributed by atoms with van der Waals surface area (Å²) in [6.07, 6.45) is 5.72. The highest BCUT2D eigenvalue weighted by molar-refractivity contribution is 5.90. The van der Waals surface area contributed by atoms with E-state index in [0.717, 1.165) is 19.3 Å². The lowest BCUT2D eigenvalue weighted by Crippen LogP contribution is -2.43. The molecule has 2 heteroatoms. The molecule has 1 heterocycles. The summed E-state index contributed by atoms with van der Waals surface area (Å²) < 4.78 is 5.46. The number of hydrogen-bond donors (Lipinski definition) is 0. The first-order valence-corrected chi connectivity index (χ1v) is 6.59. The van der Waals surface area contributed by atoms with Crippen LogP contribution >= 0.6 is 0 Å². The Labute approximate surface area is 103 Å². The first-order valence-electron chi connectivity index (χ1n) is 6.59. The van der Waals surface area contributed by atoms with Crippen LogP contribution in [0.4, 0.5) is 0 Å². The fourth-order valence-corrected chi connectivity index (χ4v) is 4.12. The first kappa shape index (κ1) is 11.1. The minimum absolute atomic E-state index is 0.0853. The Kier molecular flexibility index (Phi) is 2.26. The highest BCUT2D eigenvalue weighted by Crippen LogP contribution is 2.56. The van der Waals surface area contributed by atoms with Crippen molar-refractivity contribution in [3.8, 4) is 0 Å². The van der Waals surface area contributed by atoms with Crippen LogP contribution in [0.5, 0.6) is 0 Å². The van der Waals surface area contributed by atoms with Crippen LogP contribution in [0, 0.1) is 17.3 Å². The van der Waals surface area contributed by atoms with Gasteiger partial charge in [0.15, 0.2) is 0 Å². The number of allylic oxidation sites excluding steroid dienone is 1. The number of esters is 1. The molecule has 0 amide bonds. The number of fused-ring (bicyclic) bond motifs is 2. The monoisotopic (exact) mass is 232 g/mol. The Hall–Kier alpha value is -1.05. The molecule has 0 aromatic heterocycles. The molecule has 3 aliphatic rings. The van der Waals surface area contributed by atoms with Crippen LogP contribution in [-0.4, -0.2) is 12.1 Å². The molecule has 2 nitrogen and oxygen atoms in total. The maximum atomic E-state index is 11.6. The van der Waals surface area contributed by atoms with Gasteiger partial charge < -0.3 is 4.74 Å². The molecule has 1 saturated heterocycles. The van der Waals surface area contributed by atoms with Gasteiger partial charge in [0.05, 0.1) is 0 Å². The molecule has 3 rings (SSSR count). The Balaban J connectivity index is 1.91. The first-order chi connectivity index (χ1) is 8.01. The maximum absolute atomic E-state index is 11.6. The molecule has 2 aliphatic carbocycles. The minimum atomic E-state index is -0.173. The topological polar surface area (TPSA) is 26.3 Å². The molecule has 3 fully saturated rings. The van der Waals surface area contributed by atoms with E-state index in [1.165, 1.54) is 18.4 Å². The van der Waals surface area contributed by atoms with Gasteiger partial charge in [0.25, 0.3) is 0 Å². The van der Waals surface area contributed by atoms with Crippen LogP contribution in [0.2, 0.25) is 0 Å². The standard InChI is InChI=1S/C15H20O2/c1-9-5-4-6-15(3)8-13-11(7-12(9)15)10(2)14(16)17-13/h11-13H,1-2,4-8H2,3H3/t11-,12+,13+,15-/m1/s1. The van der Waals surface area contributed by atoms with Gasteiger partial charge in [0.1, 0.15) is 6.10 Å². The summed E-state index contributed by atoms with van der Waals surface area (Å²) in [5.41, 5.74) is 2.36. The Bertz CT molecular complexity index is 409. The number of carbonyl (C=O) groups excluding carboxylic acids is 1. The van der Waals surface area contributed by atoms with Gasteiger partial charge in [-0.3, -0.25) is 0 Å². The van der Waals surface area contributed by atoms with Crippen molar-refractivity contribution in [1.82, 2.24) is 0 Å². The number of ether oxygens (including phenoxy) is 1. The van der Waals surface area contributed by atoms with Crippen molar-refractivity contribution in [3.63, 3.8) is 0 Å². The Morgan fingerprint density at radius 2 is 2.18 bits per heavy atom. The van der Waals surface area contributed by atoms with Gasteiger partial charge in [0.2, 0.25) is 0 Å². The average Bonchev–Trinajstić information content (AvgIpc) is 2.52. The summed E-state index contributed by atoms with van der Waals surface area (Å²) in [5, 5.41) is 0. The molecule has 92 valence electrons. The molecular weight excluding hydrogens is 212 g/mol. The quantitative estimate of drug-likeness (QED) is 0.364. The van der Waals surface area contributed by atoms with Crippen LogP contribution in [-0.2, 0) is 9.53 Å². The third-order valence-corrected chi connectivity index (χ3v) is 5.15. The van der Waals surface area contributed by atoms with E-state index in [1.54, 1.807) is 0 Å². The Morgan fingerprint density at radius 1 is 1.41 bits per heavy atom. The van der Waals surface area contributed by atoms with E-state index < -0.39 is 0 Å². The van der Waals surface area contributed by atoms with Crippen molar-refractivity contribution in [2.75, 3.05) is 0 Å². The molecule has 0 unspecified atom stereocenters. The molecule has 1 aliphatic heterocycles. The molecule has 0 aromatic carbocycles. The summed E-state index contributed by atoms with van der Waals surface area (Å²) in [4.78, 5) is 11.6. The van der Waals surface area contributed by atoms with Crippen molar-refractivity contribution in [1.29, 1.82) is 0 Å². The zero-order chi connectivity index (χ0) is 12.2. The van der Waals surface area contributed by atoms with Gasteiger partial charge in [-0.2, -0.15) is 0 Å². The fourth-order valence-electron chi connectivity index (χ4n) is 4.12. The molecule has 17 heavy (non-hydrogen) atoms. The van der Waals surface area contributed by atoms with E-state index in [2.05, 4.69) is 20.1 Å². The summed E-state index contributed by atoms with van der Waals surface area (Å²) >= 11 is 0. The Morgan fingerprint density at radius 3 is 2.94 bits per heavy atom. The van der Waals surface area contributed by atoms with Crippen LogP contribution in [0.25, 0.3) is 0 Å². The van der Waals surface area contributed by atoms with Crippen LogP contribution in [0.3, 0.4) is 0 Å². The van der Waals surface area contributed by atoms with Gasteiger partial charge in [-0.15, -0.1) is 0 Å². The van der Waals surface area contributed by atoms with E-state index in [-0.39, 0.29) is 18.0 Å². The summed E-state index contributed by atoms with van der Waals surface area (Å²) in [5.74, 6) is 0.632. The van der Waals surface area contributed by atoms with Gasteiger partial charge in [0, 0.05) is 11.5 Å². The smallest absolute Gasteiger partial charge is 0.334 e. The second-order valence-electron chi connectivity index (χ2n) is 6.23. The molecule has 4 atom stereocenters. The lowest BCUT2D eigenvalue weighted by Gasteiger charge is -2.49. The molecule has 0 radical (unpaired) electrons. The third-order valence-electron chi connectivity index (χ3n) is 5.15. The van der Waals surface area contributed by atoms with Crippen molar-refractivity contribution in [3.05, 3.63) is 24.3 Å². The second kappa shape index (κ2) is 3.47. The van der Waals surface area contributed by atoms with E-state index in [1.807, 2.05) is 0 Å². The molecule has 0 spiro atoms. The largest absolute Gasteiger partial charge is 0.458 e. The predicted molar refractivity (Wildman–Crippen MR) is 66.3 cm³/mol. The highest BCUT2D eigenvalue weighted by Gasteiger charge is 2.52. The predicted octanol–water partition coefficient (Wildman–Crippen LogP) is 3.24. The van der Waals surface area contributed by atoms with E-state index in [0.29, 0.717) is 16.9 Å². The summed E-state index contributed by atoms with van der Waals surface area (Å²) in [6.45, 7) is 10.5. The third kappa shape index (κ3) is 1.50. The van der Waals surface area contributed by atoms with Crippen LogP contribution in [0.1, 0.15) is 39.0 Å². The van der Waals surface area contributed by atoms with Gasteiger partial charge in [-0.1, -0.05) is 25.7 Å². The normalized spacial score (nSPS) is 45.2. The van der Waals surface area contributed by atoms with Crippen molar-refractivity contribution >= 4 is 5.97 Å². The highest BCUT2D eigenvalue weighted by atomic mass is 16.6. The number of hydrogen-bond acceptors (Lipinski definition) is 2. The molecule has 2 saturated carbocycles. The maximum Gasteiger partial charge on any atom is 0.334 e. The fraction of sp³-hybridized carbons (Fsp3) is 0.667. The number of carbonyl (C=O) groups is 1. The minimum Gasteiger partial charge on any atom is -0.458 e. The van der Waals surface area contributed by atoms with Crippen molar-refractivity contribution < 1.29 is 9.53 Å². The van der Waals surface area contributed by atoms with Crippen molar-refractivity contribution in [2.24, 2.45) is 17.3 Å². The van der Waals surface area contributed by atoms with E-state index >= 15 is 0 Å². The molecule has 0 bridgehead atoms. The molecule has 0 aromatic rings. The summed E-state index contributed by atoms with van der Waals surface area (Å²) in [7, 11) is 0. The van der Waals surface area contributed by atoms with Gasteiger partial charge >= 0.3 is 5.97 Å². The van der Waals surface area contributed by atoms with Gasteiger partial charge in [-0.25, -0.2) is 4.79 Å². The van der Waals surface area contributed by atoms with E-state index in [4.69, 9.17) is 4.74 Å². The van der Waals surface area contributed by atoms with Crippen molar-refractivity contribution in [2.45, 2.75) is 45.1 Å². The van der Waals surface area contributed by atoms with Gasteiger partial charge in [-0.05, 0) is 43.4 Å². The lowest BCUT2D eigenvalue weighted by molar-refractivity contribution is -0.142. The van der Waals surface area contributed by atoms with E-state index in [9.17, 15) is 4.79 Å². The SMILES string of the molecule is C=C1C(=O)O[C@H]2C[C@@]3(C)CCCC(=C)[C@@H]3C[C@H]12. The summed E-state index contributed by atoms with van der Waals surface area (Å²) in [6, 6.07) is 0.